The number of oxime groups is 1. The zero-order valence-corrected chi connectivity index (χ0v) is 8.13. The van der Waals surface area contributed by atoms with Crippen LogP contribution in [0, 0.1) is 0 Å². The molecule has 84 valence electrons. The second-order valence-electron chi connectivity index (χ2n) is 2.62. The summed E-state index contributed by atoms with van der Waals surface area (Å²) in [4.78, 5) is 0. The van der Waals surface area contributed by atoms with E-state index in [4.69, 9.17) is 10.9 Å². The number of nitrogens with one attached hydrogen (secondary N) is 1. The van der Waals surface area contributed by atoms with Gasteiger partial charge in [0, 0.05) is 12.5 Å². The number of rotatable bonds is 5. The Morgan fingerprint density at radius 1 is 1.64 bits per heavy atom. The lowest BCUT2D eigenvalue weighted by atomic mass is 10.2. The van der Waals surface area contributed by atoms with Gasteiger partial charge in [0.1, 0.15) is 5.84 Å². The van der Waals surface area contributed by atoms with Gasteiger partial charge in [-0.1, -0.05) is 5.16 Å². The number of hydrogen-bond donors (Lipinski definition) is 3. The quantitative estimate of drug-likeness (QED) is 0.260. The second-order valence-corrected chi connectivity index (χ2v) is 4.30. The molecule has 0 fully saturated rings. The standard InChI is InChI=1S/C5H11F2N3O3S/c1-3(2-4(8)9-11)10-14(12,13)5(6)7/h3,5,10-11H,2H2,1H3,(H2,8,9). The smallest absolute Gasteiger partial charge is 0.350 e. The fourth-order valence-electron chi connectivity index (χ4n) is 0.728. The minimum absolute atomic E-state index is 0.150. The van der Waals surface area contributed by atoms with Gasteiger partial charge in [-0.05, 0) is 6.92 Å². The Kier molecular flexibility index (Phi) is 4.71. The van der Waals surface area contributed by atoms with E-state index in [2.05, 4.69) is 5.16 Å². The maximum atomic E-state index is 11.8. The van der Waals surface area contributed by atoms with Crippen LogP contribution >= 0.6 is 0 Å². The van der Waals surface area contributed by atoms with Crippen LogP contribution in [0.5, 0.6) is 0 Å². The molecule has 4 N–H and O–H groups in total. The third-order valence-corrected chi connectivity index (χ3v) is 2.44. The largest absolute Gasteiger partial charge is 0.409 e. The molecule has 0 heterocycles. The van der Waals surface area contributed by atoms with E-state index in [0.717, 1.165) is 0 Å². The lowest BCUT2D eigenvalue weighted by Crippen LogP contribution is -2.38. The van der Waals surface area contributed by atoms with E-state index < -0.39 is 21.8 Å². The van der Waals surface area contributed by atoms with E-state index in [1.807, 2.05) is 0 Å². The third kappa shape index (κ3) is 4.33. The molecular formula is C5H11F2N3O3S. The average molecular weight is 231 g/mol. The van der Waals surface area contributed by atoms with Crippen LogP contribution in [0.2, 0.25) is 0 Å². The van der Waals surface area contributed by atoms with Crippen molar-refractivity contribution in [2.24, 2.45) is 10.9 Å². The van der Waals surface area contributed by atoms with Crippen LogP contribution in [0.4, 0.5) is 8.78 Å². The van der Waals surface area contributed by atoms with E-state index in [1.54, 1.807) is 4.72 Å². The fraction of sp³-hybridized carbons (Fsp3) is 0.800. The number of nitrogens with zero attached hydrogens (tertiary/aromatic N) is 1. The summed E-state index contributed by atoms with van der Waals surface area (Å²) >= 11 is 0. The summed E-state index contributed by atoms with van der Waals surface area (Å²) in [7, 11) is -4.63. The molecule has 1 atom stereocenters. The molecule has 6 nitrogen and oxygen atoms in total. The molecule has 0 saturated carbocycles. The summed E-state index contributed by atoms with van der Waals surface area (Å²) in [5.74, 6) is -3.73. The van der Waals surface area contributed by atoms with Gasteiger partial charge in [0.25, 0.3) is 10.0 Å². The van der Waals surface area contributed by atoms with Crippen molar-refractivity contribution in [3.8, 4) is 0 Å². The molecule has 9 heteroatoms. The van der Waals surface area contributed by atoms with Crippen molar-refractivity contribution >= 4 is 15.9 Å². The van der Waals surface area contributed by atoms with Gasteiger partial charge in [0.05, 0.1) is 0 Å². The number of sulfonamides is 1. The van der Waals surface area contributed by atoms with Crippen LogP contribution in [-0.4, -0.2) is 31.3 Å². The van der Waals surface area contributed by atoms with Crippen LogP contribution in [0.3, 0.4) is 0 Å². The molecule has 0 spiro atoms. The van der Waals surface area contributed by atoms with Crippen molar-refractivity contribution in [1.29, 1.82) is 0 Å². The van der Waals surface area contributed by atoms with Crippen LogP contribution in [0.25, 0.3) is 0 Å². The highest BCUT2D eigenvalue weighted by Gasteiger charge is 2.25. The topological polar surface area (TPSA) is 105 Å². The van der Waals surface area contributed by atoms with E-state index in [1.165, 1.54) is 6.92 Å². The lowest BCUT2D eigenvalue weighted by molar-refractivity contribution is 0.231. The zero-order valence-electron chi connectivity index (χ0n) is 7.31. The molecule has 0 aliphatic rings. The highest BCUT2D eigenvalue weighted by molar-refractivity contribution is 7.89. The lowest BCUT2D eigenvalue weighted by Gasteiger charge is -2.12. The van der Waals surface area contributed by atoms with Gasteiger partial charge >= 0.3 is 5.76 Å². The van der Waals surface area contributed by atoms with E-state index in [-0.39, 0.29) is 12.3 Å². The van der Waals surface area contributed by atoms with Crippen LogP contribution < -0.4 is 10.5 Å². The summed E-state index contributed by atoms with van der Waals surface area (Å²) in [5.41, 5.74) is 5.05. The maximum Gasteiger partial charge on any atom is 0.350 e. The summed E-state index contributed by atoms with van der Waals surface area (Å²) in [6.07, 6.45) is -0.150. The normalized spacial score (nSPS) is 15.9. The molecule has 0 rings (SSSR count). The van der Waals surface area contributed by atoms with Gasteiger partial charge in [-0.3, -0.25) is 0 Å². The minimum Gasteiger partial charge on any atom is -0.409 e. The first-order valence-electron chi connectivity index (χ1n) is 3.55. The Hall–Kier alpha value is -0.960. The Labute approximate surface area is 79.8 Å². The number of amidine groups is 1. The SMILES string of the molecule is CC(CC(N)=NO)NS(=O)(=O)C(F)F. The van der Waals surface area contributed by atoms with Gasteiger partial charge in [0.15, 0.2) is 0 Å². The first kappa shape index (κ1) is 13.0. The van der Waals surface area contributed by atoms with Crippen molar-refractivity contribution < 1.29 is 22.4 Å². The highest BCUT2D eigenvalue weighted by atomic mass is 32.2. The van der Waals surface area contributed by atoms with Gasteiger partial charge in [-0.2, -0.15) is 8.78 Å². The maximum absolute atomic E-state index is 11.8. The number of alkyl halides is 2. The Balaban J connectivity index is 4.27. The monoisotopic (exact) mass is 231 g/mol. The molecule has 1 unspecified atom stereocenters. The predicted molar refractivity (Wildman–Crippen MR) is 45.5 cm³/mol. The minimum atomic E-state index is -4.63. The van der Waals surface area contributed by atoms with Crippen molar-refractivity contribution in [2.45, 2.75) is 25.1 Å². The van der Waals surface area contributed by atoms with Gasteiger partial charge < -0.3 is 10.9 Å². The number of nitrogens with two attached hydrogens (primary N) is 1. The first-order chi connectivity index (χ1) is 6.29. The van der Waals surface area contributed by atoms with Gasteiger partial charge in [0.2, 0.25) is 0 Å². The van der Waals surface area contributed by atoms with Crippen molar-refractivity contribution in [3.05, 3.63) is 0 Å². The molecule has 0 bridgehead atoms. The van der Waals surface area contributed by atoms with Crippen LogP contribution in [0.1, 0.15) is 13.3 Å². The van der Waals surface area contributed by atoms with Crippen LogP contribution in [0.15, 0.2) is 5.16 Å². The molecule has 0 amide bonds. The van der Waals surface area contributed by atoms with Crippen molar-refractivity contribution in [3.63, 3.8) is 0 Å². The molecule has 0 aliphatic carbocycles. The Morgan fingerprint density at radius 2 is 2.14 bits per heavy atom. The molecule has 0 radical (unpaired) electrons. The molecule has 14 heavy (non-hydrogen) atoms. The third-order valence-electron chi connectivity index (χ3n) is 1.24. The summed E-state index contributed by atoms with van der Waals surface area (Å²) in [6.45, 7) is 1.32. The summed E-state index contributed by atoms with van der Waals surface area (Å²) in [6, 6.07) is -0.857. The molecular weight excluding hydrogens is 220 g/mol. The molecule has 0 aromatic rings. The molecule has 0 aromatic heterocycles. The Morgan fingerprint density at radius 3 is 2.50 bits per heavy atom. The Bertz CT molecular complexity index is 303. The number of halogens is 2. The average Bonchev–Trinajstić information content (AvgIpc) is 2.02. The van der Waals surface area contributed by atoms with E-state index in [9.17, 15) is 17.2 Å². The number of hydrogen-bond acceptors (Lipinski definition) is 4. The highest BCUT2D eigenvalue weighted by Crippen LogP contribution is 2.04. The fourth-order valence-corrected chi connectivity index (χ4v) is 1.48. The summed E-state index contributed by atoms with van der Waals surface area (Å²) < 4.78 is 46.5. The molecule has 0 aliphatic heterocycles. The van der Waals surface area contributed by atoms with Crippen molar-refractivity contribution in [1.82, 2.24) is 4.72 Å². The van der Waals surface area contributed by atoms with E-state index >= 15 is 0 Å². The predicted octanol–water partition coefficient (Wildman–Crippen LogP) is -0.347. The zero-order chi connectivity index (χ0) is 11.4. The summed E-state index contributed by atoms with van der Waals surface area (Å²) in [5, 5.41) is 10.7. The van der Waals surface area contributed by atoms with Crippen molar-refractivity contribution in [2.75, 3.05) is 0 Å². The van der Waals surface area contributed by atoms with E-state index in [0.29, 0.717) is 0 Å². The van der Waals surface area contributed by atoms with Crippen LogP contribution in [-0.2, 0) is 10.0 Å². The molecule has 0 saturated heterocycles. The first-order valence-corrected chi connectivity index (χ1v) is 5.10. The second kappa shape index (κ2) is 5.05. The molecule has 0 aromatic carbocycles. The van der Waals surface area contributed by atoms with Gasteiger partial charge in [-0.25, -0.2) is 13.1 Å². The van der Waals surface area contributed by atoms with Gasteiger partial charge in [-0.15, -0.1) is 0 Å².